The summed E-state index contributed by atoms with van der Waals surface area (Å²) in [7, 11) is 2.93. The molecule has 0 saturated carbocycles. The number of ether oxygens (including phenoxy) is 1. The molecule has 1 heterocycles. The maximum atomic E-state index is 11.1. The first-order chi connectivity index (χ1) is 6.60. The highest BCUT2D eigenvalue weighted by molar-refractivity contribution is 5.87. The second-order valence-corrected chi connectivity index (χ2v) is 2.86. The first kappa shape index (κ1) is 10.7. The van der Waals surface area contributed by atoms with E-state index in [0.717, 1.165) is 0 Å². The molecule has 0 radical (unpaired) electrons. The van der Waals surface area contributed by atoms with Crippen molar-refractivity contribution in [1.82, 2.24) is 9.78 Å². The fourth-order valence-corrected chi connectivity index (χ4v) is 1.13. The van der Waals surface area contributed by atoms with Crippen LogP contribution in [-0.2, 0) is 11.8 Å². The lowest BCUT2D eigenvalue weighted by Gasteiger charge is -2.06. The summed E-state index contributed by atoms with van der Waals surface area (Å²) in [5.74, 6) is -0.517. The maximum Gasteiger partial charge on any atom is 0.358 e. The van der Waals surface area contributed by atoms with Crippen LogP contribution in [0.5, 0.6) is 0 Å². The van der Waals surface area contributed by atoms with Crippen molar-refractivity contribution >= 4 is 5.97 Å². The number of carbonyl (C=O) groups is 1. The van der Waals surface area contributed by atoms with Crippen molar-refractivity contribution in [2.45, 2.75) is 6.04 Å². The molecule has 14 heavy (non-hydrogen) atoms. The van der Waals surface area contributed by atoms with Crippen LogP contribution in [0.3, 0.4) is 0 Å². The van der Waals surface area contributed by atoms with E-state index in [1.165, 1.54) is 17.9 Å². The van der Waals surface area contributed by atoms with Gasteiger partial charge in [0, 0.05) is 7.05 Å². The topological polar surface area (TPSA) is 90.4 Å². The van der Waals surface area contributed by atoms with Crippen molar-refractivity contribution in [2.24, 2.45) is 12.8 Å². The van der Waals surface area contributed by atoms with Gasteiger partial charge in [0.25, 0.3) is 0 Å². The fraction of sp³-hybridized carbons (Fsp3) is 0.500. The Labute approximate surface area is 81.3 Å². The monoisotopic (exact) mass is 199 g/mol. The lowest BCUT2D eigenvalue weighted by atomic mass is 10.2. The van der Waals surface area contributed by atoms with Crippen LogP contribution in [0.2, 0.25) is 0 Å². The number of nitrogens with two attached hydrogens (primary N) is 1. The van der Waals surface area contributed by atoms with E-state index in [4.69, 9.17) is 10.8 Å². The van der Waals surface area contributed by atoms with Crippen molar-refractivity contribution < 1.29 is 14.6 Å². The van der Waals surface area contributed by atoms with Gasteiger partial charge in [-0.15, -0.1) is 0 Å². The lowest BCUT2D eigenvalue weighted by Crippen LogP contribution is -2.17. The van der Waals surface area contributed by atoms with Crippen LogP contribution in [0.1, 0.15) is 22.2 Å². The smallest absolute Gasteiger partial charge is 0.358 e. The average molecular weight is 199 g/mol. The molecular formula is C8H13N3O3. The lowest BCUT2D eigenvalue weighted by molar-refractivity contribution is 0.0593. The largest absolute Gasteiger partial charge is 0.464 e. The molecule has 6 heteroatoms. The Morgan fingerprint density at radius 2 is 2.50 bits per heavy atom. The zero-order valence-electron chi connectivity index (χ0n) is 8.10. The van der Waals surface area contributed by atoms with Gasteiger partial charge in [0.05, 0.1) is 25.5 Å². The third kappa shape index (κ3) is 1.91. The number of hydrogen-bond acceptors (Lipinski definition) is 5. The Morgan fingerprint density at radius 1 is 1.86 bits per heavy atom. The van der Waals surface area contributed by atoms with Gasteiger partial charge in [0.15, 0.2) is 5.69 Å². The van der Waals surface area contributed by atoms with Crippen LogP contribution in [0, 0.1) is 0 Å². The van der Waals surface area contributed by atoms with Gasteiger partial charge in [-0.1, -0.05) is 0 Å². The molecular weight excluding hydrogens is 186 g/mol. The highest BCUT2D eigenvalue weighted by atomic mass is 16.5. The van der Waals surface area contributed by atoms with Gasteiger partial charge in [-0.3, -0.25) is 4.68 Å². The predicted octanol–water partition coefficient (Wildman–Crippen LogP) is -0.801. The zero-order chi connectivity index (χ0) is 10.7. The molecule has 0 spiro atoms. The first-order valence-corrected chi connectivity index (χ1v) is 4.08. The summed E-state index contributed by atoms with van der Waals surface area (Å²) in [4.78, 5) is 11.1. The molecule has 1 unspecified atom stereocenters. The molecule has 0 fully saturated rings. The van der Waals surface area contributed by atoms with Crippen molar-refractivity contribution in [3.63, 3.8) is 0 Å². The molecule has 0 bridgehead atoms. The normalized spacial score (nSPS) is 12.6. The van der Waals surface area contributed by atoms with Gasteiger partial charge in [0.1, 0.15) is 0 Å². The van der Waals surface area contributed by atoms with E-state index in [-0.39, 0.29) is 12.3 Å². The Hall–Kier alpha value is -1.40. The number of aryl methyl sites for hydroxylation is 1. The standard InChI is InChI=1S/C8H13N3O3/c1-11-7(5(9)4-12)3-6(10-11)8(13)14-2/h3,5,12H,4,9H2,1-2H3. The molecule has 78 valence electrons. The number of nitrogens with zero attached hydrogens (tertiary/aromatic N) is 2. The Morgan fingerprint density at radius 3 is 3.00 bits per heavy atom. The molecule has 0 amide bonds. The van der Waals surface area contributed by atoms with E-state index in [1.54, 1.807) is 7.05 Å². The fourth-order valence-electron chi connectivity index (χ4n) is 1.13. The minimum atomic E-state index is -0.536. The van der Waals surface area contributed by atoms with E-state index < -0.39 is 12.0 Å². The summed E-state index contributed by atoms with van der Waals surface area (Å²) in [6, 6.07) is 0.970. The summed E-state index contributed by atoms with van der Waals surface area (Å²) in [6.07, 6.45) is 0. The van der Waals surface area contributed by atoms with E-state index in [1.807, 2.05) is 0 Å². The summed E-state index contributed by atoms with van der Waals surface area (Å²) in [5.41, 5.74) is 6.37. The van der Waals surface area contributed by atoms with Crippen LogP contribution < -0.4 is 5.73 Å². The second-order valence-electron chi connectivity index (χ2n) is 2.86. The minimum absolute atomic E-state index is 0.189. The number of aliphatic hydroxyl groups excluding tert-OH is 1. The van der Waals surface area contributed by atoms with Crippen molar-refractivity contribution in [3.05, 3.63) is 17.5 Å². The maximum absolute atomic E-state index is 11.1. The van der Waals surface area contributed by atoms with Crippen molar-refractivity contribution in [1.29, 1.82) is 0 Å². The van der Waals surface area contributed by atoms with Gasteiger partial charge < -0.3 is 15.6 Å². The SMILES string of the molecule is COC(=O)c1cc(C(N)CO)n(C)n1. The van der Waals surface area contributed by atoms with E-state index in [0.29, 0.717) is 5.69 Å². The molecule has 3 N–H and O–H groups in total. The summed E-state index contributed by atoms with van der Waals surface area (Å²) in [5, 5.41) is 12.7. The van der Waals surface area contributed by atoms with E-state index >= 15 is 0 Å². The zero-order valence-corrected chi connectivity index (χ0v) is 8.10. The summed E-state index contributed by atoms with van der Waals surface area (Å²) in [6.45, 7) is -0.194. The highest BCUT2D eigenvalue weighted by Crippen LogP contribution is 2.11. The van der Waals surface area contributed by atoms with Crippen LogP contribution in [0.25, 0.3) is 0 Å². The molecule has 1 atom stereocenters. The molecule has 0 aliphatic heterocycles. The van der Waals surface area contributed by atoms with Crippen molar-refractivity contribution in [2.75, 3.05) is 13.7 Å². The van der Waals surface area contributed by atoms with Crippen molar-refractivity contribution in [3.8, 4) is 0 Å². The summed E-state index contributed by atoms with van der Waals surface area (Å²) < 4.78 is 5.95. The van der Waals surface area contributed by atoms with Crippen LogP contribution in [0.4, 0.5) is 0 Å². The predicted molar refractivity (Wildman–Crippen MR) is 48.6 cm³/mol. The minimum Gasteiger partial charge on any atom is -0.464 e. The first-order valence-electron chi connectivity index (χ1n) is 4.08. The van der Waals surface area contributed by atoms with Gasteiger partial charge >= 0.3 is 5.97 Å². The van der Waals surface area contributed by atoms with E-state index in [2.05, 4.69) is 9.84 Å². The highest BCUT2D eigenvalue weighted by Gasteiger charge is 2.16. The van der Waals surface area contributed by atoms with Crippen LogP contribution in [0.15, 0.2) is 6.07 Å². The number of carbonyl (C=O) groups excluding carboxylic acids is 1. The number of rotatable bonds is 3. The molecule has 6 nitrogen and oxygen atoms in total. The molecule has 0 saturated heterocycles. The Kier molecular flexibility index (Phi) is 3.21. The Balaban J connectivity index is 2.98. The van der Waals surface area contributed by atoms with Gasteiger partial charge in [-0.05, 0) is 6.07 Å². The number of hydrogen-bond donors (Lipinski definition) is 2. The second kappa shape index (κ2) is 4.21. The van der Waals surface area contributed by atoms with Crippen LogP contribution >= 0.6 is 0 Å². The Bertz CT molecular complexity index is 335. The molecule has 0 aliphatic carbocycles. The molecule has 1 rings (SSSR count). The molecule has 1 aromatic rings. The molecule has 0 aromatic carbocycles. The summed E-state index contributed by atoms with van der Waals surface area (Å²) >= 11 is 0. The molecule has 1 aromatic heterocycles. The van der Waals surface area contributed by atoms with Gasteiger partial charge in [-0.25, -0.2) is 4.79 Å². The third-order valence-corrected chi connectivity index (χ3v) is 1.89. The van der Waals surface area contributed by atoms with E-state index in [9.17, 15) is 4.79 Å². The number of esters is 1. The number of methoxy groups -OCH3 is 1. The average Bonchev–Trinajstić information content (AvgIpc) is 2.58. The quantitative estimate of drug-likeness (QED) is 0.622. The molecule has 0 aliphatic rings. The number of aliphatic hydroxyl groups is 1. The van der Waals surface area contributed by atoms with Gasteiger partial charge in [-0.2, -0.15) is 5.10 Å². The van der Waals surface area contributed by atoms with Gasteiger partial charge in [0.2, 0.25) is 0 Å². The third-order valence-electron chi connectivity index (χ3n) is 1.89. The number of aromatic nitrogens is 2. The van der Waals surface area contributed by atoms with Crippen LogP contribution in [-0.4, -0.2) is 34.6 Å².